The molecule has 146 valence electrons. The molecule has 3 heteroatoms. The largest absolute Gasteiger partial charge is 0.508 e. The number of hydrogen-bond acceptors (Lipinski definition) is 3. The van der Waals surface area contributed by atoms with Crippen LogP contribution < -0.4 is 0 Å². The van der Waals surface area contributed by atoms with Gasteiger partial charge in [-0.3, -0.25) is 9.69 Å². The molecule has 3 aliphatic rings. The van der Waals surface area contributed by atoms with Crippen molar-refractivity contribution in [1.82, 2.24) is 4.90 Å². The minimum atomic E-state index is 0.245. The van der Waals surface area contributed by atoms with E-state index < -0.39 is 0 Å². The SMILES string of the molecule is O=C(CCN1CC[C@]23CCCC[C@H]2[C@H]1Cc1ccc(O)cc13)c1ccccc1. The molecule has 2 aliphatic carbocycles. The maximum absolute atomic E-state index is 12.6. The second kappa shape index (κ2) is 7.04. The molecule has 2 bridgehead atoms. The summed E-state index contributed by atoms with van der Waals surface area (Å²) < 4.78 is 0. The number of ketones is 1. The van der Waals surface area contributed by atoms with E-state index in [1.807, 2.05) is 36.4 Å². The molecule has 0 unspecified atom stereocenters. The standard InChI is InChI=1S/C25H29NO2/c27-20-10-9-19-16-23-21-8-4-5-12-25(21,22(19)17-20)13-15-26(23)14-11-24(28)18-6-2-1-3-7-18/h1-3,6-7,9-10,17,21,23,27H,4-5,8,11-16H2/t21-,23+,25+/m0/s1. The highest BCUT2D eigenvalue weighted by Gasteiger charge is 2.53. The van der Waals surface area contributed by atoms with E-state index in [-0.39, 0.29) is 11.2 Å². The van der Waals surface area contributed by atoms with Crippen molar-refractivity contribution in [2.45, 2.75) is 56.4 Å². The van der Waals surface area contributed by atoms with Crippen LogP contribution in [0.1, 0.15) is 60.0 Å². The molecule has 1 heterocycles. The lowest BCUT2D eigenvalue weighted by Crippen LogP contribution is -2.61. The predicted octanol–water partition coefficient (Wildman–Crippen LogP) is 4.72. The average molecular weight is 376 g/mol. The molecule has 1 aliphatic heterocycles. The quantitative estimate of drug-likeness (QED) is 0.786. The van der Waals surface area contributed by atoms with Crippen LogP contribution >= 0.6 is 0 Å². The first-order chi connectivity index (χ1) is 13.7. The average Bonchev–Trinajstić information content (AvgIpc) is 2.74. The van der Waals surface area contributed by atoms with Gasteiger partial charge in [0.2, 0.25) is 0 Å². The summed E-state index contributed by atoms with van der Waals surface area (Å²) in [5, 5.41) is 10.1. The van der Waals surface area contributed by atoms with Crippen molar-refractivity contribution in [2.24, 2.45) is 5.92 Å². The maximum atomic E-state index is 12.6. The Balaban J connectivity index is 1.39. The smallest absolute Gasteiger partial charge is 0.164 e. The number of rotatable bonds is 4. The van der Waals surface area contributed by atoms with Gasteiger partial charge < -0.3 is 5.11 Å². The van der Waals surface area contributed by atoms with Gasteiger partial charge in [0.25, 0.3) is 0 Å². The van der Waals surface area contributed by atoms with Crippen molar-refractivity contribution in [2.75, 3.05) is 13.1 Å². The first-order valence-corrected chi connectivity index (χ1v) is 10.8. The highest BCUT2D eigenvalue weighted by Crippen LogP contribution is 2.56. The number of nitrogens with zero attached hydrogens (tertiary/aromatic N) is 1. The monoisotopic (exact) mass is 375 g/mol. The van der Waals surface area contributed by atoms with Crippen LogP contribution in [0.15, 0.2) is 48.5 Å². The summed E-state index contributed by atoms with van der Waals surface area (Å²) in [7, 11) is 0. The van der Waals surface area contributed by atoms with E-state index in [0.717, 1.165) is 31.5 Å². The molecule has 1 N–H and O–H groups in total. The third-order valence-corrected chi connectivity index (χ3v) is 7.66. The van der Waals surface area contributed by atoms with E-state index in [9.17, 15) is 9.90 Å². The minimum Gasteiger partial charge on any atom is -0.508 e. The zero-order chi connectivity index (χ0) is 19.1. The lowest BCUT2D eigenvalue weighted by atomic mass is 9.52. The van der Waals surface area contributed by atoms with Crippen LogP contribution in [-0.4, -0.2) is 34.9 Å². The number of hydrogen-bond donors (Lipinski definition) is 1. The van der Waals surface area contributed by atoms with E-state index in [4.69, 9.17) is 0 Å². The maximum Gasteiger partial charge on any atom is 0.164 e. The van der Waals surface area contributed by atoms with E-state index >= 15 is 0 Å². The van der Waals surface area contributed by atoms with Crippen LogP contribution in [0.25, 0.3) is 0 Å². The van der Waals surface area contributed by atoms with Gasteiger partial charge in [0.05, 0.1) is 0 Å². The molecule has 0 amide bonds. The molecule has 2 aromatic rings. The lowest BCUT2D eigenvalue weighted by Gasteiger charge is -2.59. The molecule has 1 saturated carbocycles. The molecule has 2 aromatic carbocycles. The summed E-state index contributed by atoms with van der Waals surface area (Å²) in [6.45, 7) is 1.93. The first kappa shape index (κ1) is 17.9. The van der Waals surface area contributed by atoms with Gasteiger partial charge >= 0.3 is 0 Å². The van der Waals surface area contributed by atoms with Gasteiger partial charge in [0, 0.05) is 30.0 Å². The van der Waals surface area contributed by atoms with E-state index in [1.165, 1.54) is 36.8 Å². The van der Waals surface area contributed by atoms with E-state index in [0.29, 0.717) is 24.1 Å². The second-order valence-corrected chi connectivity index (χ2v) is 8.95. The van der Waals surface area contributed by atoms with Gasteiger partial charge in [-0.25, -0.2) is 0 Å². The fourth-order valence-corrected chi connectivity index (χ4v) is 6.36. The van der Waals surface area contributed by atoms with Crippen LogP contribution in [0.4, 0.5) is 0 Å². The molecule has 5 rings (SSSR count). The predicted molar refractivity (Wildman–Crippen MR) is 111 cm³/mol. The van der Waals surface area contributed by atoms with Gasteiger partial charge in [-0.2, -0.15) is 0 Å². The van der Waals surface area contributed by atoms with Crippen LogP contribution in [0, 0.1) is 5.92 Å². The van der Waals surface area contributed by atoms with Crippen LogP contribution in [0.2, 0.25) is 0 Å². The summed E-state index contributed by atoms with van der Waals surface area (Å²) >= 11 is 0. The Bertz CT molecular complexity index is 877. The second-order valence-electron chi connectivity index (χ2n) is 8.95. The number of carbonyl (C=O) groups excluding carboxylic acids is 1. The van der Waals surface area contributed by atoms with Crippen LogP contribution in [0.3, 0.4) is 0 Å². The van der Waals surface area contributed by atoms with Gasteiger partial charge in [0.15, 0.2) is 5.78 Å². The number of phenols is 1. The summed E-state index contributed by atoms with van der Waals surface area (Å²) in [6.07, 6.45) is 7.96. The summed E-state index contributed by atoms with van der Waals surface area (Å²) in [4.78, 5) is 15.2. The van der Waals surface area contributed by atoms with Crippen molar-refractivity contribution in [3.63, 3.8) is 0 Å². The highest BCUT2D eigenvalue weighted by molar-refractivity contribution is 5.96. The lowest BCUT2D eigenvalue weighted by molar-refractivity contribution is -0.0110. The van der Waals surface area contributed by atoms with Gasteiger partial charge in [-0.1, -0.05) is 49.2 Å². The summed E-state index contributed by atoms with van der Waals surface area (Å²) in [5.41, 5.74) is 3.92. The minimum absolute atomic E-state index is 0.245. The molecule has 28 heavy (non-hydrogen) atoms. The Kier molecular flexibility index (Phi) is 4.51. The topological polar surface area (TPSA) is 40.5 Å². The van der Waals surface area contributed by atoms with Crippen molar-refractivity contribution < 1.29 is 9.90 Å². The number of piperidine rings is 1. The molecular weight excluding hydrogens is 346 g/mol. The number of Topliss-reactive ketones (excluding diaryl/α,β-unsaturated/α-hetero) is 1. The van der Waals surface area contributed by atoms with Crippen LogP contribution in [-0.2, 0) is 11.8 Å². The number of carbonyl (C=O) groups is 1. The molecule has 0 radical (unpaired) electrons. The van der Waals surface area contributed by atoms with Crippen molar-refractivity contribution in [3.8, 4) is 5.75 Å². The molecular formula is C25H29NO2. The highest BCUT2D eigenvalue weighted by atomic mass is 16.3. The summed E-state index contributed by atoms with van der Waals surface area (Å²) in [6, 6.07) is 16.3. The molecule has 1 saturated heterocycles. The third-order valence-electron chi connectivity index (χ3n) is 7.66. The van der Waals surface area contributed by atoms with E-state index in [2.05, 4.69) is 17.0 Å². The number of aromatic hydroxyl groups is 1. The Morgan fingerprint density at radius 2 is 1.96 bits per heavy atom. The molecule has 0 aromatic heterocycles. The van der Waals surface area contributed by atoms with Gasteiger partial charge in [0.1, 0.15) is 5.75 Å². The number of likely N-dealkylation sites (tertiary alicyclic amines) is 1. The van der Waals surface area contributed by atoms with Crippen molar-refractivity contribution >= 4 is 5.78 Å². The molecule has 2 fully saturated rings. The molecule has 3 atom stereocenters. The first-order valence-electron chi connectivity index (χ1n) is 10.8. The van der Waals surface area contributed by atoms with Gasteiger partial charge in [-0.05, 0) is 61.4 Å². The normalized spacial score (nSPS) is 29.0. The number of benzene rings is 2. The fraction of sp³-hybridized carbons (Fsp3) is 0.480. The Hall–Kier alpha value is -2.13. The van der Waals surface area contributed by atoms with Crippen LogP contribution in [0.5, 0.6) is 5.75 Å². The molecule has 3 nitrogen and oxygen atoms in total. The van der Waals surface area contributed by atoms with Gasteiger partial charge in [-0.15, -0.1) is 0 Å². The van der Waals surface area contributed by atoms with Crippen molar-refractivity contribution in [3.05, 3.63) is 65.2 Å². The van der Waals surface area contributed by atoms with Crippen molar-refractivity contribution in [1.29, 1.82) is 0 Å². The Morgan fingerprint density at radius 1 is 1.11 bits per heavy atom. The summed E-state index contributed by atoms with van der Waals surface area (Å²) in [5.74, 6) is 1.32. The fourth-order valence-electron chi connectivity index (χ4n) is 6.36. The van der Waals surface area contributed by atoms with E-state index in [1.54, 1.807) is 0 Å². The number of fused-ring (bicyclic) bond motifs is 1. The Morgan fingerprint density at radius 3 is 2.82 bits per heavy atom. The molecule has 0 spiro atoms. The zero-order valence-electron chi connectivity index (χ0n) is 16.4. The third kappa shape index (κ3) is 2.88. The zero-order valence-corrected chi connectivity index (χ0v) is 16.4. The Labute approximate surface area is 167 Å². The number of phenolic OH excluding ortho intramolecular Hbond substituents is 1.